The van der Waals surface area contributed by atoms with Crippen LogP contribution < -0.4 is 0 Å². The third kappa shape index (κ3) is 5.85. The van der Waals surface area contributed by atoms with Crippen molar-refractivity contribution in [2.45, 2.75) is 46.8 Å². The van der Waals surface area contributed by atoms with E-state index in [4.69, 9.17) is 4.74 Å². The van der Waals surface area contributed by atoms with Crippen LogP contribution in [0.4, 0.5) is 0 Å². The summed E-state index contributed by atoms with van der Waals surface area (Å²) in [5, 5.41) is 10.0. The minimum Gasteiger partial charge on any atom is -0.392 e. The molecule has 3 heteroatoms. The minimum atomic E-state index is -0.641. The average molecular weight is 278 g/mol. The Morgan fingerprint density at radius 3 is 2.40 bits per heavy atom. The van der Waals surface area contributed by atoms with Crippen LogP contribution in [0.15, 0.2) is 30.3 Å². The fourth-order valence-electron chi connectivity index (χ4n) is 1.75. The van der Waals surface area contributed by atoms with Crippen molar-refractivity contribution in [3.8, 4) is 0 Å². The van der Waals surface area contributed by atoms with E-state index in [0.29, 0.717) is 13.2 Å². The van der Waals surface area contributed by atoms with Crippen molar-refractivity contribution in [1.82, 2.24) is 0 Å². The van der Waals surface area contributed by atoms with Crippen LogP contribution >= 0.6 is 0 Å². The Kier molecular flexibility index (Phi) is 6.37. The van der Waals surface area contributed by atoms with Gasteiger partial charge in [-0.1, -0.05) is 58.0 Å². The maximum Gasteiger partial charge on any atom is 0.140 e. The minimum absolute atomic E-state index is 0.0509. The fraction of sp³-hybridized carbons (Fsp3) is 0.588. The van der Waals surface area contributed by atoms with Crippen LogP contribution in [0.3, 0.4) is 0 Å². The highest BCUT2D eigenvalue weighted by Crippen LogP contribution is 2.20. The summed E-state index contributed by atoms with van der Waals surface area (Å²) in [4.78, 5) is 11.9. The van der Waals surface area contributed by atoms with Gasteiger partial charge in [0.25, 0.3) is 0 Å². The SMILES string of the molecule is C[C@H](COCc1ccccc1)[C@@H](O)CC(=O)C(C)(C)C. The Morgan fingerprint density at radius 2 is 1.85 bits per heavy atom. The molecule has 0 aliphatic heterocycles. The largest absolute Gasteiger partial charge is 0.392 e. The standard InChI is InChI=1S/C17H26O3/c1-13(15(18)10-16(19)17(2,3)4)11-20-12-14-8-6-5-7-9-14/h5-9,13,15,18H,10-12H2,1-4H3/t13-,15+/m1/s1. The normalized spacial score (nSPS) is 14.8. The number of Topliss-reactive ketones (excluding diaryl/α,β-unsaturated/α-hetero) is 1. The molecule has 0 saturated heterocycles. The highest BCUT2D eigenvalue weighted by atomic mass is 16.5. The molecule has 1 aromatic rings. The predicted molar refractivity (Wildman–Crippen MR) is 80.3 cm³/mol. The van der Waals surface area contributed by atoms with E-state index in [1.807, 2.05) is 58.0 Å². The number of carbonyl (C=O) groups excluding carboxylic acids is 1. The number of ether oxygens (including phenoxy) is 1. The summed E-state index contributed by atoms with van der Waals surface area (Å²) in [7, 11) is 0. The molecular formula is C17H26O3. The summed E-state index contributed by atoms with van der Waals surface area (Å²) in [6, 6.07) is 9.92. The zero-order valence-electron chi connectivity index (χ0n) is 12.9. The van der Waals surface area contributed by atoms with Crippen LogP contribution in [0.1, 0.15) is 39.7 Å². The highest BCUT2D eigenvalue weighted by Gasteiger charge is 2.26. The first kappa shape index (κ1) is 16.9. The molecule has 0 aliphatic rings. The first-order valence-electron chi connectivity index (χ1n) is 7.13. The van der Waals surface area contributed by atoms with Gasteiger partial charge in [0, 0.05) is 17.8 Å². The Balaban J connectivity index is 2.32. The number of benzene rings is 1. The lowest BCUT2D eigenvalue weighted by atomic mass is 9.85. The maximum atomic E-state index is 11.9. The highest BCUT2D eigenvalue weighted by molar-refractivity contribution is 5.84. The molecule has 0 amide bonds. The van der Waals surface area contributed by atoms with E-state index in [-0.39, 0.29) is 18.1 Å². The molecule has 0 bridgehead atoms. The lowest BCUT2D eigenvalue weighted by Gasteiger charge is -2.22. The predicted octanol–water partition coefficient (Wildman–Crippen LogP) is 3.21. The number of rotatable bonds is 7. The molecular weight excluding hydrogens is 252 g/mol. The lowest BCUT2D eigenvalue weighted by molar-refractivity contribution is -0.129. The summed E-state index contributed by atoms with van der Waals surface area (Å²) in [5.41, 5.74) is 0.714. The number of hydrogen-bond donors (Lipinski definition) is 1. The third-order valence-electron chi connectivity index (χ3n) is 3.38. The number of ketones is 1. The molecule has 0 fully saturated rings. The van der Waals surface area contributed by atoms with Crippen molar-refractivity contribution in [2.24, 2.45) is 11.3 Å². The Morgan fingerprint density at radius 1 is 1.25 bits per heavy atom. The summed E-state index contributed by atoms with van der Waals surface area (Å²) < 4.78 is 5.60. The Bertz CT molecular complexity index is 406. The molecule has 0 unspecified atom stereocenters. The quantitative estimate of drug-likeness (QED) is 0.833. The number of carbonyl (C=O) groups is 1. The van der Waals surface area contributed by atoms with Crippen LogP contribution in [0, 0.1) is 11.3 Å². The molecule has 112 valence electrons. The van der Waals surface area contributed by atoms with Gasteiger partial charge in [-0.15, -0.1) is 0 Å². The van der Waals surface area contributed by atoms with Gasteiger partial charge in [0.15, 0.2) is 0 Å². The molecule has 1 rings (SSSR count). The van der Waals surface area contributed by atoms with Gasteiger partial charge < -0.3 is 9.84 Å². The molecule has 0 radical (unpaired) electrons. The number of aliphatic hydroxyl groups excluding tert-OH is 1. The van der Waals surface area contributed by atoms with Crippen LogP contribution in [-0.4, -0.2) is 23.6 Å². The van der Waals surface area contributed by atoms with Crippen LogP contribution in [0.5, 0.6) is 0 Å². The van der Waals surface area contributed by atoms with Gasteiger partial charge in [-0.25, -0.2) is 0 Å². The van der Waals surface area contributed by atoms with Crippen LogP contribution in [0.2, 0.25) is 0 Å². The molecule has 1 N–H and O–H groups in total. The topological polar surface area (TPSA) is 46.5 Å². The van der Waals surface area contributed by atoms with Gasteiger partial charge in [-0.05, 0) is 5.56 Å². The molecule has 0 heterocycles. The van der Waals surface area contributed by atoms with E-state index < -0.39 is 11.5 Å². The summed E-state index contributed by atoms with van der Waals surface area (Å²) in [6.07, 6.45) is -0.447. The molecule has 2 atom stereocenters. The second kappa shape index (κ2) is 7.55. The zero-order chi connectivity index (χ0) is 15.2. The van der Waals surface area contributed by atoms with E-state index >= 15 is 0 Å². The van der Waals surface area contributed by atoms with Crippen molar-refractivity contribution in [2.75, 3.05) is 6.61 Å². The number of aliphatic hydroxyl groups is 1. The monoisotopic (exact) mass is 278 g/mol. The van der Waals surface area contributed by atoms with E-state index in [9.17, 15) is 9.90 Å². The van der Waals surface area contributed by atoms with Gasteiger partial charge in [0.05, 0.1) is 19.3 Å². The fourth-order valence-corrected chi connectivity index (χ4v) is 1.75. The summed E-state index contributed by atoms with van der Waals surface area (Å²) in [5.74, 6) is 0.0323. The van der Waals surface area contributed by atoms with E-state index in [0.717, 1.165) is 5.56 Å². The summed E-state index contributed by atoms with van der Waals surface area (Å²) in [6.45, 7) is 8.51. The molecule has 0 spiro atoms. The molecule has 0 saturated carbocycles. The summed E-state index contributed by atoms with van der Waals surface area (Å²) >= 11 is 0. The lowest BCUT2D eigenvalue weighted by Crippen LogP contribution is -2.30. The zero-order valence-corrected chi connectivity index (χ0v) is 12.9. The van der Waals surface area contributed by atoms with Crippen LogP contribution in [0.25, 0.3) is 0 Å². The average Bonchev–Trinajstić information content (AvgIpc) is 2.38. The van der Waals surface area contributed by atoms with Crippen molar-refractivity contribution in [3.05, 3.63) is 35.9 Å². The second-order valence-corrected chi connectivity index (χ2v) is 6.42. The molecule has 3 nitrogen and oxygen atoms in total. The van der Waals surface area contributed by atoms with E-state index in [2.05, 4.69) is 0 Å². The molecule has 1 aromatic carbocycles. The van der Waals surface area contributed by atoms with Crippen molar-refractivity contribution in [3.63, 3.8) is 0 Å². The first-order valence-corrected chi connectivity index (χ1v) is 7.13. The van der Waals surface area contributed by atoms with E-state index in [1.54, 1.807) is 0 Å². The smallest absolute Gasteiger partial charge is 0.140 e. The van der Waals surface area contributed by atoms with Gasteiger partial charge in [0.2, 0.25) is 0 Å². The van der Waals surface area contributed by atoms with Crippen molar-refractivity contribution >= 4 is 5.78 Å². The molecule has 0 aromatic heterocycles. The van der Waals surface area contributed by atoms with Gasteiger partial charge in [0.1, 0.15) is 5.78 Å². The van der Waals surface area contributed by atoms with E-state index in [1.165, 1.54) is 0 Å². The second-order valence-electron chi connectivity index (χ2n) is 6.42. The van der Waals surface area contributed by atoms with Crippen molar-refractivity contribution < 1.29 is 14.6 Å². The Hall–Kier alpha value is -1.19. The van der Waals surface area contributed by atoms with Gasteiger partial charge >= 0.3 is 0 Å². The van der Waals surface area contributed by atoms with Crippen molar-refractivity contribution in [1.29, 1.82) is 0 Å². The maximum absolute atomic E-state index is 11.9. The van der Waals surface area contributed by atoms with Crippen LogP contribution in [-0.2, 0) is 16.1 Å². The first-order chi connectivity index (χ1) is 9.30. The molecule has 0 aliphatic carbocycles. The van der Waals surface area contributed by atoms with Gasteiger partial charge in [-0.3, -0.25) is 4.79 Å². The Labute approximate surface area is 122 Å². The third-order valence-corrected chi connectivity index (χ3v) is 3.38. The molecule has 20 heavy (non-hydrogen) atoms. The number of hydrogen-bond acceptors (Lipinski definition) is 3. The van der Waals surface area contributed by atoms with Gasteiger partial charge in [-0.2, -0.15) is 0 Å².